The topological polar surface area (TPSA) is 89.2 Å². The number of benzene rings is 1. The summed E-state index contributed by atoms with van der Waals surface area (Å²) in [4.78, 5) is 17.5. The van der Waals surface area contributed by atoms with Crippen molar-refractivity contribution >= 4 is 35.8 Å². The molecule has 8 heteroatoms. The molecule has 1 aromatic rings. The number of rotatable bonds is 5. The van der Waals surface area contributed by atoms with E-state index in [0.29, 0.717) is 17.7 Å². The molecule has 2 saturated heterocycles. The van der Waals surface area contributed by atoms with Crippen LogP contribution < -0.4 is 15.8 Å². The van der Waals surface area contributed by atoms with Crippen LogP contribution in [0.4, 0.5) is 0 Å². The van der Waals surface area contributed by atoms with Crippen LogP contribution in [-0.4, -0.2) is 56.7 Å². The van der Waals surface area contributed by atoms with Gasteiger partial charge in [0.15, 0.2) is 12.6 Å². The number of guanidine groups is 1. The van der Waals surface area contributed by atoms with Gasteiger partial charge in [0.25, 0.3) is 5.91 Å². The van der Waals surface area contributed by atoms with Crippen molar-refractivity contribution in [3.8, 4) is 5.75 Å². The lowest BCUT2D eigenvalue weighted by Crippen LogP contribution is -2.41. The van der Waals surface area contributed by atoms with E-state index in [1.165, 1.54) is 0 Å². The summed E-state index contributed by atoms with van der Waals surface area (Å²) in [6.45, 7) is 4.26. The van der Waals surface area contributed by atoms with Crippen molar-refractivity contribution in [1.29, 1.82) is 0 Å². The maximum Gasteiger partial charge on any atom is 0.255 e. The highest BCUT2D eigenvalue weighted by molar-refractivity contribution is 14.0. The molecule has 1 aromatic carbocycles. The molecule has 1 unspecified atom stereocenters. The number of likely N-dealkylation sites (tertiary alicyclic amines) is 1. The lowest BCUT2D eigenvalue weighted by atomic mass is 9.87. The predicted molar refractivity (Wildman–Crippen MR) is 111 cm³/mol. The fourth-order valence-corrected chi connectivity index (χ4v) is 3.50. The van der Waals surface area contributed by atoms with E-state index in [1.54, 1.807) is 0 Å². The Morgan fingerprint density at radius 1 is 1.46 bits per heavy atom. The summed E-state index contributed by atoms with van der Waals surface area (Å²) in [7, 11) is 1.81. The van der Waals surface area contributed by atoms with Crippen LogP contribution in [0.3, 0.4) is 0 Å². The smallest absolute Gasteiger partial charge is 0.255 e. The molecule has 2 heterocycles. The number of hydrogen-bond acceptors (Lipinski definition) is 4. The molecule has 0 aromatic heterocycles. The van der Waals surface area contributed by atoms with Crippen molar-refractivity contribution in [3.63, 3.8) is 0 Å². The molecule has 0 bridgehead atoms. The zero-order valence-corrected chi connectivity index (χ0v) is 17.4. The van der Waals surface area contributed by atoms with Gasteiger partial charge in [-0.2, -0.15) is 0 Å². The van der Waals surface area contributed by atoms with Gasteiger partial charge in [-0.3, -0.25) is 9.79 Å². The summed E-state index contributed by atoms with van der Waals surface area (Å²) in [5, 5.41) is 3.41. The second-order valence-corrected chi connectivity index (χ2v) is 6.78. The fourth-order valence-electron chi connectivity index (χ4n) is 3.50. The van der Waals surface area contributed by atoms with Gasteiger partial charge in [0.05, 0.1) is 6.61 Å². The Labute approximate surface area is 171 Å². The average Bonchev–Trinajstić information content (AvgIpc) is 3.24. The third kappa shape index (κ3) is 5.23. The van der Waals surface area contributed by atoms with Crippen LogP contribution in [0, 0.1) is 5.41 Å². The number of aliphatic imine (C=N–C) groups is 1. The molecule has 144 valence electrons. The van der Waals surface area contributed by atoms with Gasteiger partial charge in [0, 0.05) is 38.7 Å². The number of amides is 1. The van der Waals surface area contributed by atoms with E-state index in [4.69, 9.17) is 15.2 Å². The summed E-state index contributed by atoms with van der Waals surface area (Å²) in [5.41, 5.74) is 6.47. The minimum absolute atomic E-state index is 0. The highest BCUT2D eigenvalue weighted by atomic mass is 127. The van der Waals surface area contributed by atoms with E-state index in [9.17, 15) is 4.79 Å². The van der Waals surface area contributed by atoms with E-state index in [-0.39, 0.29) is 30.6 Å². The Hall–Kier alpha value is -1.55. The third-order valence-electron chi connectivity index (χ3n) is 4.86. The molecule has 3 N–H and O–H groups in total. The first-order chi connectivity index (χ1) is 12.1. The molecule has 1 amide bonds. The summed E-state index contributed by atoms with van der Waals surface area (Å²) in [6.07, 6.45) is 2.30. The molecule has 1 spiro atoms. The van der Waals surface area contributed by atoms with Crippen LogP contribution in [-0.2, 0) is 16.1 Å². The van der Waals surface area contributed by atoms with Gasteiger partial charge in [-0.15, -0.1) is 24.0 Å². The second-order valence-electron chi connectivity index (χ2n) is 6.78. The molecular weight excluding hydrogens is 447 g/mol. The average molecular weight is 474 g/mol. The first-order valence-corrected chi connectivity index (χ1v) is 8.64. The number of hydrogen-bond donors (Lipinski definition) is 2. The Balaban J connectivity index is 0.00000243. The van der Waals surface area contributed by atoms with Gasteiger partial charge in [0.2, 0.25) is 0 Å². The maximum absolute atomic E-state index is 10.8. The van der Waals surface area contributed by atoms with Crippen molar-refractivity contribution in [2.24, 2.45) is 16.1 Å². The molecule has 7 nitrogen and oxygen atoms in total. The summed E-state index contributed by atoms with van der Waals surface area (Å²) in [5.74, 6) is 1.06. The highest BCUT2D eigenvalue weighted by Crippen LogP contribution is 2.38. The highest BCUT2D eigenvalue weighted by Gasteiger charge is 2.42. The molecule has 0 radical (unpaired) electrons. The van der Waals surface area contributed by atoms with Crippen LogP contribution in [0.2, 0.25) is 0 Å². The van der Waals surface area contributed by atoms with Crippen molar-refractivity contribution in [2.45, 2.75) is 19.4 Å². The molecular formula is C18H27IN4O3. The Bertz CT molecular complexity index is 647. The molecule has 0 saturated carbocycles. The van der Waals surface area contributed by atoms with Crippen LogP contribution in [0.1, 0.15) is 18.4 Å². The van der Waals surface area contributed by atoms with E-state index in [1.807, 2.05) is 31.3 Å². The van der Waals surface area contributed by atoms with Crippen molar-refractivity contribution in [1.82, 2.24) is 10.2 Å². The number of carbonyl (C=O) groups excluding carboxylic acids is 1. The number of halogens is 1. The molecule has 2 fully saturated rings. The van der Waals surface area contributed by atoms with Crippen LogP contribution in [0.25, 0.3) is 0 Å². The third-order valence-corrected chi connectivity index (χ3v) is 4.86. The predicted octanol–water partition coefficient (Wildman–Crippen LogP) is 1.36. The molecule has 2 aliphatic rings. The number of ether oxygens (including phenoxy) is 2. The fraction of sp³-hybridized carbons (Fsp3) is 0.556. The standard InChI is InChI=1S/C18H26N4O3.HI/c1-20-17(22-7-5-18(12-22)6-8-24-13-18)21-10-14-3-2-4-15(9-14)25-11-16(19)23;/h2-4,9H,5-8,10-13H2,1H3,(H2,19,23)(H,20,21);1H. The van der Waals surface area contributed by atoms with Crippen molar-refractivity contribution in [2.75, 3.05) is 40.0 Å². The minimum atomic E-state index is -0.484. The van der Waals surface area contributed by atoms with Gasteiger partial charge in [-0.1, -0.05) is 12.1 Å². The monoisotopic (exact) mass is 474 g/mol. The van der Waals surface area contributed by atoms with E-state index < -0.39 is 5.91 Å². The SMILES string of the molecule is CN=C(NCc1cccc(OCC(N)=O)c1)N1CCC2(CCOC2)C1.I. The number of nitrogens with one attached hydrogen (secondary N) is 1. The Morgan fingerprint density at radius 3 is 3.00 bits per heavy atom. The van der Waals surface area contributed by atoms with Gasteiger partial charge >= 0.3 is 0 Å². The Kier molecular flexibility index (Phi) is 7.51. The zero-order valence-electron chi connectivity index (χ0n) is 15.1. The summed E-state index contributed by atoms with van der Waals surface area (Å²) < 4.78 is 10.9. The van der Waals surface area contributed by atoms with Crippen molar-refractivity contribution < 1.29 is 14.3 Å². The number of carbonyl (C=O) groups is 1. The first kappa shape index (κ1) is 20.8. The largest absolute Gasteiger partial charge is 0.484 e. The zero-order chi connectivity index (χ0) is 17.7. The molecule has 26 heavy (non-hydrogen) atoms. The quantitative estimate of drug-likeness (QED) is 0.382. The number of nitrogens with two attached hydrogens (primary N) is 1. The molecule has 2 aliphatic heterocycles. The lowest BCUT2D eigenvalue weighted by Gasteiger charge is -2.25. The van der Waals surface area contributed by atoms with E-state index in [0.717, 1.165) is 50.7 Å². The van der Waals surface area contributed by atoms with Crippen LogP contribution in [0.5, 0.6) is 5.75 Å². The van der Waals surface area contributed by atoms with E-state index in [2.05, 4.69) is 15.2 Å². The van der Waals surface area contributed by atoms with Gasteiger partial charge in [-0.05, 0) is 30.5 Å². The normalized spacial score (nSPS) is 22.3. The van der Waals surface area contributed by atoms with Crippen molar-refractivity contribution in [3.05, 3.63) is 29.8 Å². The summed E-state index contributed by atoms with van der Waals surface area (Å²) >= 11 is 0. The summed E-state index contributed by atoms with van der Waals surface area (Å²) in [6, 6.07) is 7.62. The second kappa shape index (κ2) is 9.40. The van der Waals surface area contributed by atoms with Gasteiger partial charge < -0.3 is 25.4 Å². The Morgan fingerprint density at radius 2 is 2.31 bits per heavy atom. The number of nitrogens with zero attached hydrogens (tertiary/aromatic N) is 2. The molecule has 0 aliphatic carbocycles. The lowest BCUT2D eigenvalue weighted by molar-refractivity contribution is -0.119. The van der Waals surface area contributed by atoms with Crippen LogP contribution in [0.15, 0.2) is 29.3 Å². The maximum atomic E-state index is 10.8. The molecule has 1 atom stereocenters. The van der Waals surface area contributed by atoms with Gasteiger partial charge in [-0.25, -0.2) is 0 Å². The van der Waals surface area contributed by atoms with E-state index >= 15 is 0 Å². The first-order valence-electron chi connectivity index (χ1n) is 8.64. The molecule has 3 rings (SSSR count). The minimum Gasteiger partial charge on any atom is -0.484 e. The number of primary amides is 1. The van der Waals surface area contributed by atoms with Crippen LogP contribution >= 0.6 is 24.0 Å². The van der Waals surface area contributed by atoms with Gasteiger partial charge in [0.1, 0.15) is 5.75 Å².